The van der Waals surface area contributed by atoms with Crippen LogP contribution in [0.25, 0.3) is 11.1 Å². The lowest BCUT2D eigenvalue weighted by molar-refractivity contribution is 0.200. The van der Waals surface area contributed by atoms with Crippen molar-refractivity contribution in [2.24, 2.45) is 5.92 Å². The first-order valence-electron chi connectivity index (χ1n) is 9.20. The zero-order valence-corrected chi connectivity index (χ0v) is 16.3. The third kappa shape index (κ3) is 5.33. The van der Waals surface area contributed by atoms with E-state index in [4.69, 9.17) is 0 Å². The minimum absolute atomic E-state index is 0.401. The molecule has 2 rings (SSSR count). The van der Waals surface area contributed by atoms with Gasteiger partial charge >= 0.3 is 6.09 Å². The van der Waals surface area contributed by atoms with Crippen LogP contribution in [0, 0.1) is 12.8 Å². The summed E-state index contributed by atoms with van der Waals surface area (Å²) in [4.78, 5) is 13.6. The van der Waals surface area contributed by atoms with Gasteiger partial charge < -0.3 is 5.11 Å². The minimum atomic E-state index is -0.865. The number of carbonyl (C=O) groups is 1. The van der Waals surface area contributed by atoms with Crippen molar-refractivity contribution >= 4 is 23.1 Å². The number of hydrogen-bond donors (Lipinski definition) is 1. The second-order valence-electron chi connectivity index (χ2n) is 6.70. The van der Waals surface area contributed by atoms with Crippen molar-refractivity contribution in [1.29, 1.82) is 0 Å². The fourth-order valence-electron chi connectivity index (χ4n) is 3.17. The van der Waals surface area contributed by atoms with Crippen molar-refractivity contribution in [3.8, 4) is 11.1 Å². The molecule has 1 aromatic carbocycles. The molecule has 0 bridgehead atoms. The fourth-order valence-corrected chi connectivity index (χ4v) is 3.83. The van der Waals surface area contributed by atoms with Crippen LogP contribution in [0.3, 0.4) is 0 Å². The predicted molar refractivity (Wildman–Crippen MR) is 108 cm³/mol. The van der Waals surface area contributed by atoms with E-state index in [9.17, 15) is 9.90 Å². The van der Waals surface area contributed by atoms with Crippen LogP contribution >= 0.6 is 11.3 Å². The number of nitrogens with zero attached hydrogens (tertiary/aromatic N) is 1. The Morgan fingerprint density at radius 1 is 1.24 bits per heavy atom. The summed E-state index contributed by atoms with van der Waals surface area (Å²) in [5.41, 5.74) is 3.97. The van der Waals surface area contributed by atoms with E-state index in [1.54, 1.807) is 16.2 Å². The normalized spacial score (nSPS) is 12.1. The topological polar surface area (TPSA) is 40.5 Å². The molecule has 1 amide bonds. The number of hydrogen-bond acceptors (Lipinski definition) is 2. The Balaban J connectivity index is 2.30. The van der Waals surface area contributed by atoms with Crippen molar-refractivity contribution in [3.63, 3.8) is 0 Å². The summed E-state index contributed by atoms with van der Waals surface area (Å²) in [6, 6.07) is 8.15. The molecule has 1 heterocycles. The SMILES string of the molecule is CCCCCC(CC)CN(C(=O)O)c1cc(C)ccc1-c1ccsc1. The van der Waals surface area contributed by atoms with E-state index in [2.05, 4.69) is 31.4 Å². The molecule has 1 N–H and O–H groups in total. The van der Waals surface area contributed by atoms with Gasteiger partial charge in [-0.15, -0.1) is 0 Å². The van der Waals surface area contributed by atoms with Gasteiger partial charge in [0.25, 0.3) is 0 Å². The van der Waals surface area contributed by atoms with Gasteiger partial charge in [0.2, 0.25) is 0 Å². The molecule has 0 aliphatic carbocycles. The molecule has 1 aromatic heterocycles. The van der Waals surface area contributed by atoms with Crippen LogP contribution in [0.5, 0.6) is 0 Å². The van der Waals surface area contributed by atoms with Crippen LogP contribution in [-0.4, -0.2) is 17.7 Å². The highest BCUT2D eigenvalue weighted by Gasteiger charge is 2.22. The van der Waals surface area contributed by atoms with Gasteiger partial charge in [-0.25, -0.2) is 4.79 Å². The minimum Gasteiger partial charge on any atom is -0.465 e. The molecule has 0 saturated heterocycles. The molecule has 136 valence electrons. The first-order chi connectivity index (χ1) is 12.1. The van der Waals surface area contributed by atoms with E-state index in [1.165, 1.54) is 19.3 Å². The number of unbranched alkanes of at least 4 members (excludes halogenated alkanes) is 2. The maximum Gasteiger partial charge on any atom is 0.411 e. The number of rotatable bonds is 9. The average molecular weight is 360 g/mol. The molecule has 2 aromatic rings. The zero-order valence-electron chi connectivity index (χ0n) is 15.5. The van der Waals surface area contributed by atoms with Gasteiger partial charge in [-0.1, -0.05) is 51.7 Å². The second-order valence-corrected chi connectivity index (χ2v) is 7.48. The van der Waals surface area contributed by atoms with Gasteiger partial charge in [0.05, 0.1) is 5.69 Å². The van der Waals surface area contributed by atoms with Gasteiger partial charge in [0.1, 0.15) is 0 Å². The van der Waals surface area contributed by atoms with Crippen molar-refractivity contribution in [2.75, 3.05) is 11.4 Å². The van der Waals surface area contributed by atoms with Gasteiger partial charge in [0.15, 0.2) is 0 Å². The summed E-state index contributed by atoms with van der Waals surface area (Å²) in [5, 5.41) is 14.0. The first kappa shape index (κ1) is 19.5. The lowest BCUT2D eigenvalue weighted by Crippen LogP contribution is -2.34. The summed E-state index contributed by atoms with van der Waals surface area (Å²) in [6.45, 7) is 6.94. The summed E-state index contributed by atoms with van der Waals surface area (Å²) < 4.78 is 0. The Morgan fingerprint density at radius 2 is 2.04 bits per heavy atom. The highest BCUT2D eigenvalue weighted by atomic mass is 32.1. The van der Waals surface area contributed by atoms with Gasteiger partial charge in [-0.05, 0) is 53.3 Å². The van der Waals surface area contributed by atoms with Crippen LogP contribution in [0.4, 0.5) is 10.5 Å². The van der Waals surface area contributed by atoms with Crippen molar-refractivity contribution < 1.29 is 9.90 Å². The van der Waals surface area contributed by atoms with Crippen LogP contribution in [0.15, 0.2) is 35.0 Å². The third-order valence-corrected chi connectivity index (χ3v) is 5.42. The highest BCUT2D eigenvalue weighted by Crippen LogP contribution is 2.34. The molecule has 0 aliphatic rings. The third-order valence-electron chi connectivity index (χ3n) is 4.74. The molecule has 3 nitrogen and oxygen atoms in total. The number of benzene rings is 1. The molecule has 25 heavy (non-hydrogen) atoms. The number of aryl methyl sites for hydroxylation is 1. The Bertz CT molecular complexity index is 667. The largest absolute Gasteiger partial charge is 0.465 e. The molecule has 0 saturated carbocycles. The number of amides is 1. The molecule has 0 aliphatic heterocycles. The maximum absolute atomic E-state index is 12.0. The standard InChI is InChI=1S/C21H29NO2S/c1-4-6-7-8-17(5-2)14-22(21(23)24)20-13-16(3)9-10-19(20)18-11-12-25-15-18/h9-13,15,17H,4-8,14H2,1-3H3,(H,23,24). The zero-order chi connectivity index (χ0) is 18.2. The van der Waals surface area contributed by atoms with Gasteiger partial charge in [-0.3, -0.25) is 4.90 Å². The molecule has 0 radical (unpaired) electrons. The van der Waals surface area contributed by atoms with E-state index in [0.29, 0.717) is 12.5 Å². The van der Waals surface area contributed by atoms with Crippen molar-refractivity contribution in [1.82, 2.24) is 0 Å². The summed E-state index contributed by atoms with van der Waals surface area (Å²) in [5.74, 6) is 0.401. The number of thiophene rings is 1. The summed E-state index contributed by atoms with van der Waals surface area (Å²) in [7, 11) is 0. The van der Waals surface area contributed by atoms with Crippen LogP contribution < -0.4 is 4.90 Å². The van der Waals surface area contributed by atoms with Crippen LogP contribution in [-0.2, 0) is 0 Å². The molecule has 0 fully saturated rings. The number of anilines is 1. The lowest BCUT2D eigenvalue weighted by atomic mass is 9.96. The number of carboxylic acid groups (broad SMARTS) is 1. The van der Waals surface area contributed by atoms with E-state index in [-0.39, 0.29) is 0 Å². The Hall–Kier alpha value is -1.81. The summed E-state index contributed by atoms with van der Waals surface area (Å²) >= 11 is 1.63. The lowest BCUT2D eigenvalue weighted by Gasteiger charge is -2.27. The first-order valence-corrected chi connectivity index (χ1v) is 10.1. The Morgan fingerprint density at radius 3 is 2.64 bits per heavy atom. The van der Waals surface area contributed by atoms with Crippen molar-refractivity contribution in [2.45, 2.75) is 52.9 Å². The average Bonchev–Trinajstić information content (AvgIpc) is 3.12. The van der Waals surface area contributed by atoms with Crippen LogP contribution in [0.2, 0.25) is 0 Å². The van der Waals surface area contributed by atoms with E-state index in [0.717, 1.165) is 35.2 Å². The van der Waals surface area contributed by atoms with Gasteiger partial charge in [0, 0.05) is 12.1 Å². The fraction of sp³-hybridized carbons (Fsp3) is 0.476. The Labute approximate surface area is 155 Å². The second kappa shape index (κ2) is 9.62. The maximum atomic E-state index is 12.0. The molecule has 1 unspecified atom stereocenters. The van der Waals surface area contributed by atoms with Crippen LogP contribution in [0.1, 0.15) is 51.5 Å². The smallest absolute Gasteiger partial charge is 0.411 e. The van der Waals surface area contributed by atoms with E-state index in [1.807, 2.05) is 24.4 Å². The molecular weight excluding hydrogens is 330 g/mol. The molecule has 1 atom stereocenters. The molecule has 0 spiro atoms. The highest BCUT2D eigenvalue weighted by molar-refractivity contribution is 7.08. The molecular formula is C21H29NO2S. The quantitative estimate of drug-likeness (QED) is 0.499. The monoisotopic (exact) mass is 359 g/mol. The van der Waals surface area contributed by atoms with E-state index < -0.39 is 6.09 Å². The summed E-state index contributed by atoms with van der Waals surface area (Å²) in [6.07, 6.45) is 4.82. The van der Waals surface area contributed by atoms with Gasteiger partial charge in [-0.2, -0.15) is 11.3 Å². The predicted octanol–water partition coefficient (Wildman–Crippen LogP) is 6.81. The Kier molecular flexibility index (Phi) is 7.51. The van der Waals surface area contributed by atoms with Crippen molar-refractivity contribution in [3.05, 3.63) is 40.6 Å². The molecule has 4 heteroatoms. The van der Waals surface area contributed by atoms with E-state index >= 15 is 0 Å².